The van der Waals surface area contributed by atoms with Crippen molar-refractivity contribution in [2.75, 3.05) is 18.9 Å². The molecule has 0 heterocycles. The molecule has 0 saturated carbocycles. The predicted molar refractivity (Wildman–Crippen MR) is 74.2 cm³/mol. The van der Waals surface area contributed by atoms with E-state index in [0.29, 0.717) is 12.2 Å². The van der Waals surface area contributed by atoms with Crippen LogP contribution in [0.5, 0.6) is 0 Å². The Morgan fingerprint density at radius 1 is 1.42 bits per heavy atom. The highest BCUT2D eigenvalue weighted by atomic mass is 16.6. The van der Waals surface area contributed by atoms with E-state index in [4.69, 9.17) is 0 Å². The van der Waals surface area contributed by atoms with Crippen LogP contribution in [0, 0.1) is 22.5 Å². The maximum Gasteiger partial charge on any atom is 0.292 e. The molecule has 0 aliphatic heterocycles. The second-order valence-electron chi connectivity index (χ2n) is 5.09. The molecule has 0 spiro atoms. The summed E-state index contributed by atoms with van der Waals surface area (Å²) in [4.78, 5) is 22.2. The molecule has 19 heavy (non-hydrogen) atoms. The highest BCUT2D eigenvalue weighted by Gasteiger charge is 2.27. The number of benzene rings is 1. The third-order valence-corrected chi connectivity index (χ3v) is 2.91. The zero-order chi connectivity index (χ0) is 14.6. The van der Waals surface area contributed by atoms with Crippen molar-refractivity contribution in [3.63, 3.8) is 0 Å². The highest BCUT2D eigenvalue weighted by Crippen LogP contribution is 2.27. The zero-order valence-electron chi connectivity index (χ0n) is 11.6. The van der Waals surface area contributed by atoms with Crippen molar-refractivity contribution in [2.45, 2.75) is 20.8 Å². The van der Waals surface area contributed by atoms with Gasteiger partial charge in [0.05, 0.1) is 10.3 Å². The number of rotatable bonds is 5. The third-order valence-electron chi connectivity index (χ3n) is 2.91. The van der Waals surface area contributed by atoms with Crippen LogP contribution >= 0.6 is 0 Å². The van der Waals surface area contributed by atoms with Gasteiger partial charge in [0, 0.05) is 19.7 Å². The molecule has 2 N–H and O–H groups in total. The lowest BCUT2D eigenvalue weighted by Crippen LogP contribution is -2.39. The van der Waals surface area contributed by atoms with Crippen molar-refractivity contribution >= 4 is 17.3 Å². The number of carbonyl (C=O) groups excluding carboxylic acids is 1. The molecule has 1 rings (SSSR count). The van der Waals surface area contributed by atoms with E-state index in [1.165, 1.54) is 6.07 Å². The molecule has 1 aromatic rings. The number of nitrogens with one attached hydrogen (secondary N) is 2. The zero-order valence-corrected chi connectivity index (χ0v) is 11.6. The van der Waals surface area contributed by atoms with Crippen LogP contribution in [0.2, 0.25) is 0 Å². The van der Waals surface area contributed by atoms with Crippen molar-refractivity contribution in [1.29, 1.82) is 0 Å². The Hall–Kier alpha value is -2.11. The SMILES string of the molecule is CNC(=O)C(C)(C)CNc1cc(C)ccc1[N+](=O)[O-]. The van der Waals surface area contributed by atoms with Gasteiger partial charge in [-0.25, -0.2) is 0 Å². The summed E-state index contributed by atoms with van der Waals surface area (Å²) < 4.78 is 0. The Labute approximate surface area is 112 Å². The molecule has 0 atom stereocenters. The summed E-state index contributed by atoms with van der Waals surface area (Å²) in [5.74, 6) is -0.115. The molecule has 0 saturated heterocycles. The van der Waals surface area contributed by atoms with Crippen LogP contribution < -0.4 is 10.6 Å². The van der Waals surface area contributed by atoms with Crippen LogP contribution in [-0.4, -0.2) is 24.4 Å². The largest absolute Gasteiger partial charge is 0.378 e. The Bertz CT molecular complexity index is 498. The first kappa shape index (κ1) is 14.9. The van der Waals surface area contributed by atoms with Gasteiger partial charge in [-0.3, -0.25) is 14.9 Å². The van der Waals surface area contributed by atoms with Crippen LogP contribution in [0.3, 0.4) is 0 Å². The van der Waals surface area contributed by atoms with Gasteiger partial charge in [0.2, 0.25) is 5.91 Å². The summed E-state index contributed by atoms with van der Waals surface area (Å²) in [5.41, 5.74) is 0.720. The molecule has 0 fully saturated rings. The van der Waals surface area contributed by atoms with Crippen LogP contribution in [0.4, 0.5) is 11.4 Å². The molecule has 0 aromatic heterocycles. The topological polar surface area (TPSA) is 84.3 Å². The van der Waals surface area contributed by atoms with E-state index in [9.17, 15) is 14.9 Å². The Kier molecular flexibility index (Phi) is 4.47. The summed E-state index contributed by atoms with van der Waals surface area (Å²) in [6, 6.07) is 4.86. The van der Waals surface area contributed by atoms with Crippen molar-refractivity contribution in [3.8, 4) is 0 Å². The van der Waals surface area contributed by atoms with Crippen molar-refractivity contribution in [3.05, 3.63) is 33.9 Å². The van der Waals surface area contributed by atoms with Gasteiger partial charge in [-0.05, 0) is 32.4 Å². The fourth-order valence-corrected chi connectivity index (χ4v) is 1.69. The first-order valence-corrected chi connectivity index (χ1v) is 5.99. The van der Waals surface area contributed by atoms with Crippen molar-refractivity contribution < 1.29 is 9.72 Å². The van der Waals surface area contributed by atoms with Gasteiger partial charge in [-0.15, -0.1) is 0 Å². The number of amides is 1. The Balaban J connectivity index is 2.91. The number of nitro groups is 1. The van der Waals surface area contributed by atoms with Crippen LogP contribution in [0.1, 0.15) is 19.4 Å². The van der Waals surface area contributed by atoms with E-state index in [1.54, 1.807) is 33.0 Å². The summed E-state index contributed by atoms with van der Waals surface area (Å²) >= 11 is 0. The number of carbonyl (C=O) groups is 1. The average molecular weight is 265 g/mol. The molecule has 104 valence electrons. The first-order chi connectivity index (χ1) is 8.77. The summed E-state index contributed by atoms with van der Waals surface area (Å²) in [7, 11) is 1.57. The molecule has 0 aliphatic carbocycles. The predicted octanol–water partition coefficient (Wildman–Crippen LogP) is 2.09. The minimum absolute atomic E-state index is 0.0123. The lowest BCUT2D eigenvalue weighted by molar-refractivity contribution is -0.384. The monoisotopic (exact) mass is 265 g/mol. The normalized spacial score (nSPS) is 10.9. The van der Waals surface area contributed by atoms with E-state index >= 15 is 0 Å². The second-order valence-corrected chi connectivity index (χ2v) is 5.09. The highest BCUT2D eigenvalue weighted by molar-refractivity contribution is 5.82. The lowest BCUT2D eigenvalue weighted by atomic mass is 9.92. The van der Waals surface area contributed by atoms with E-state index < -0.39 is 10.3 Å². The summed E-state index contributed by atoms with van der Waals surface area (Å²) in [6.07, 6.45) is 0. The van der Waals surface area contributed by atoms with Gasteiger partial charge >= 0.3 is 0 Å². The van der Waals surface area contributed by atoms with Gasteiger partial charge in [0.15, 0.2) is 0 Å². The molecule has 0 aliphatic rings. The number of nitro benzene ring substituents is 1. The number of hydrogen-bond donors (Lipinski definition) is 2. The van der Waals surface area contributed by atoms with Crippen LogP contribution in [0.15, 0.2) is 18.2 Å². The fraction of sp³-hybridized carbons (Fsp3) is 0.462. The van der Waals surface area contributed by atoms with E-state index in [0.717, 1.165) is 5.56 Å². The van der Waals surface area contributed by atoms with Gasteiger partial charge in [0.1, 0.15) is 5.69 Å². The Morgan fingerprint density at radius 2 is 2.05 bits per heavy atom. The number of hydrogen-bond acceptors (Lipinski definition) is 4. The quantitative estimate of drug-likeness (QED) is 0.630. The fourth-order valence-electron chi connectivity index (χ4n) is 1.69. The Morgan fingerprint density at radius 3 is 2.58 bits per heavy atom. The molecule has 6 nitrogen and oxygen atoms in total. The minimum atomic E-state index is -0.646. The first-order valence-electron chi connectivity index (χ1n) is 5.99. The van der Waals surface area contributed by atoms with E-state index in [1.807, 2.05) is 6.92 Å². The molecule has 0 unspecified atom stereocenters. The third kappa shape index (κ3) is 3.67. The lowest BCUT2D eigenvalue weighted by Gasteiger charge is -2.23. The van der Waals surface area contributed by atoms with Crippen molar-refractivity contribution in [1.82, 2.24) is 5.32 Å². The minimum Gasteiger partial charge on any atom is -0.378 e. The van der Waals surface area contributed by atoms with E-state index in [2.05, 4.69) is 10.6 Å². The molecule has 0 radical (unpaired) electrons. The average Bonchev–Trinajstić information content (AvgIpc) is 2.35. The summed E-state index contributed by atoms with van der Waals surface area (Å²) in [6.45, 7) is 5.73. The molecule has 1 amide bonds. The maximum atomic E-state index is 11.7. The second kappa shape index (κ2) is 5.69. The van der Waals surface area contributed by atoms with E-state index in [-0.39, 0.29) is 11.6 Å². The van der Waals surface area contributed by atoms with Gasteiger partial charge in [0.25, 0.3) is 5.69 Å². The molecule has 1 aromatic carbocycles. The van der Waals surface area contributed by atoms with Crippen LogP contribution in [-0.2, 0) is 4.79 Å². The number of aryl methyl sites for hydroxylation is 1. The van der Waals surface area contributed by atoms with Crippen molar-refractivity contribution in [2.24, 2.45) is 5.41 Å². The van der Waals surface area contributed by atoms with Gasteiger partial charge in [-0.2, -0.15) is 0 Å². The number of anilines is 1. The van der Waals surface area contributed by atoms with Gasteiger partial charge < -0.3 is 10.6 Å². The maximum absolute atomic E-state index is 11.7. The standard InChI is InChI=1S/C13H19N3O3/c1-9-5-6-11(16(18)19)10(7-9)15-8-13(2,3)12(17)14-4/h5-7,15H,8H2,1-4H3,(H,14,17). The smallest absolute Gasteiger partial charge is 0.292 e. The van der Waals surface area contributed by atoms with Crippen LogP contribution in [0.25, 0.3) is 0 Å². The molecular weight excluding hydrogens is 246 g/mol. The molecule has 6 heteroatoms. The number of nitrogens with zero attached hydrogens (tertiary/aromatic N) is 1. The molecular formula is C13H19N3O3. The summed E-state index contributed by atoms with van der Waals surface area (Å²) in [5, 5.41) is 16.5. The van der Waals surface area contributed by atoms with Gasteiger partial charge in [-0.1, -0.05) is 6.07 Å². The molecule has 0 bridgehead atoms.